The standard InChI is InChI=1S/3C11H7FN.Ir/c3*12-10-6-2-1-5-9(10)11-7-3-4-8-13-11;/h3*1-6,8H;/q3*-1;+3. The molecule has 7 heteroatoms. The fraction of sp³-hybridized carbons (Fsp3) is 0. The Balaban J connectivity index is 0.000000163. The topological polar surface area (TPSA) is 38.7 Å². The number of hydrogen-bond acceptors (Lipinski definition) is 3. The summed E-state index contributed by atoms with van der Waals surface area (Å²) in [5.41, 5.74) is 3.09. The average molecular weight is 709 g/mol. The summed E-state index contributed by atoms with van der Waals surface area (Å²) in [4.78, 5) is 12.0. The van der Waals surface area contributed by atoms with Crippen LogP contribution in [0.1, 0.15) is 0 Å². The first-order valence-electron chi connectivity index (χ1n) is 11.9. The largest absolute Gasteiger partial charge is 3.00 e. The van der Waals surface area contributed by atoms with Crippen molar-refractivity contribution in [3.8, 4) is 33.8 Å². The molecule has 0 atom stereocenters. The third-order valence-electron chi connectivity index (χ3n) is 5.20. The predicted octanol–water partition coefficient (Wildman–Crippen LogP) is 8.06. The van der Waals surface area contributed by atoms with E-state index in [0.29, 0.717) is 33.8 Å². The van der Waals surface area contributed by atoms with E-state index in [1.807, 2.05) is 0 Å². The van der Waals surface area contributed by atoms with Gasteiger partial charge in [-0.25, -0.2) is 13.2 Å². The van der Waals surface area contributed by atoms with Crippen LogP contribution >= 0.6 is 0 Å². The fourth-order valence-corrected chi connectivity index (χ4v) is 3.38. The SMILES string of the molecule is Fc1ccccc1-c1[c-]cccn1.Fc1ccccc1-c1[c-]cccn1.Fc1ccccc1-c1[c-]cccn1.[Ir+3]. The average Bonchev–Trinajstić information content (AvgIpc) is 3.00. The first-order chi connectivity index (χ1) is 19.1. The Labute approximate surface area is 244 Å². The maximum absolute atomic E-state index is 13.2. The van der Waals surface area contributed by atoms with Gasteiger partial charge in [0.25, 0.3) is 0 Å². The van der Waals surface area contributed by atoms with Crippen LogP contribution in [0, 0.1) is 35.7 Å². The second-order valence-electron chi connectivity index (χ2n) is 7.83. The van der Waals surface area contributed by atoms with Crippen LogP contribution in [0.5, 0.6) is 0 Å². The number of nitrogens with zero attached hydrogens (tertiary/aromatic N) is 3. The molecule has 0 bridgehead atoms. The number of halogens is 3. The van der Waals surface area contributed by atoms with Crippen LogP contribution in [0.25, 0.3) is 33.8 Å². The molecular weight excluding hydrogens is 688 g/mol. The van der Waals surface area contributed by atoms with Crippen molar-refractivity contribution >= 4 is 0 Å². The Hall–Kier alpha value is -4.45. The van der Waals surface area contributed by atoms with E-state index in [2.05, 4.69) is 33.2 Å². The normalized spacial score (nSPS) is 9.68. The summed E-state index contributed by atoms with van der Waals surface area (Å²) in [5, 5.41) is 0. The van der Waals surface area contributed by atoms with Gasteiger partial charge < -0.3 is 0 Å². The zero-order chi connectivity index (χ0) is 27.3. The molecule has 0 aliphatic heterocycles. The number of benzene rings is 3. The van der Waals surface area contributed by atoms with Gasteiger partial charge in [0.05, 0.1) is 17.5 Å². The molecule has 40 heavy (non-hydrogen) atoms. The van der Waals surface area contributed by atoms with Crippen LogP contribution in [0.15, 0.2) is 128 Å². The first-order valence-corrected chi connectivity index (χ1v) is 11.9. The van der Waals surface area contributed by atoms with Crippen LogP contribution < -0.4 is 0 Å². The van der Waals surface area contributed by atoms with Crippen LogP contribution in [0.4, 0.5) is 13.2 Å². The Bertz CT molecular complexity index is 1390. The van der Waals surface area contributed by atoms with E-state index in [4.69, 9.17) is 0 Å². The second kappa shape index (κ2) is 15.8. The molecule has 6 rings (SSSR count). The number of rotatable bonds is 3. The Morgan fingerprint density at radius 3 is 0.900 bits per heavy atom. The third-order valence-corrected chi connectivity index (χ3v) is 5.20. The minimum atomic E-state index is -0.266. The molecule has 0 saturated heterocycles. The van der Waals surface area contributed by atoms with Crippen LogP contribution in [-0.4, -0.2) is 15.0 Å². The summed E-state index contributed by atoms with van der Waals surface area (Å²) < 4.78 is 39.6. The molecular formula is C33H21F3IrN3. The van der Waals surface area contributed by atoms with E-state index in [1.54, 1.807) is 110 Å². The van der Waals surface area contributed by atoms with Gasteiger partial charge in [-0.2, -0.15) is 36.4 Å². The maximum atomic E-state index is 13.2. The van der Waals surface area contributed by atoms with Crippen molar-refractivity contribution < 1.29 is 33.3 Å². The van der Waals surface area contributed by atoms with Gasteiger partial charge in [0.2, 0.25) is 0 Å². The molecule has 0 unspecified atom stereocenters. The summed E-state index contributed by atoms with van der Waals surface area (Å²) in [5.74, 6) is -0.799. The molecule has 3 nitrogen and oxygen atoms in total. The van der Waals surface area contributed by atoms with Crippen LogP contribution in [0.2, 0.25) is 0 Å². The summed E-state index contributed by atoms with van der Waals surface area (Å²) in [6.45, 7) is 0. The van der Waals surface area contributed by atoms with Crippen molar-refractivity contribution in [3.05, 3.63) is 163 Å². The Morgan fingerprint density at radius 1 is 0.400 bits per heavy atom. The first kappa shape index (κ1) is 30.1. The molecule has 0 aliphatic rings. The monoisotopic (exact) mass is 709 g/mol. The molecule has 3 heterocycles. The number of aromatic nitrogens is 3. The predicted molar refractivity (Wildman–Crippen MR) is 145 cm³/mol. The van der Waals surface area contributed by atoms with Crippen molar-refractivity contribution in [1.29, 1.82) is 0 Å². The molecule has 0 spiro atoms. The van der Waals surface area contributed by atoms with Crippen molar-refractivity contribution in [2.75, 3.05) is 0 Å². The molecule has 0 N–H and O–H groups in total. The van der Waals surface area contributed by atoms with E-state index >= 15 is 0 Å². The van der Waals surface area contributed by atoms with Crippen LogP contribution in [0.3, 0.4) is 0 Å². The van der Waals surface area contributed by atoms with Gasteiger partial charge in [0.15, 0.2) is 0 Å². The number of hydrogen-bond donors (Lipinski definition) is 0. The minimum absolute atomic E-state index is 0. The summed E-state index contributed by atoms with van der Waals surface area (Å²) in [6.07, 6.45) is 4.87. The Morgan fingerprint density at radius 2 is 0.675 bits per heavy atom. The molecule has 6 aromatic rings. The summed E-state index contributed by atoms with van der Waals surface area (Å²) in [7, 11) is 0. The third kappa shape index (κ3) is 8.53. The molecule has 0 amide bonds. The molecule has 3 aromatic heterocycles. The zero-order valence-corrected chi connectivity index (χ0v) is 23.3. The Kier molecular flexibility index (Phi) is 11.9. The van der Waals surface area contributed by atoms with Crippen molar-refractivity contribution in [3.63, 3.8) is 0 Å². The van der Waals surface area contributed by atoms with E-state index in [0.717, 1.165) is 0 Å². The van der Waals surface area contributed by atoms with E-state index in [9.17, 15) is 13.2 Å². The second-order valence-corrected chi connectivity index (χ2v) is 7.83. The van der Waals surface area contributed by atoms with Crippen molar-refractivity contribution in [2.24, 2.45) is 0 Å². The molecule has 0 saturated carbocycles. The maximum Gasteiger partial charge on any atom is 3.00 e. The quantitative estimate of drug-likeness (QED) is 0.175. The molecule has 0 aliphatic carbocycles. The fourth-order valence-electron chi connectivity index (χ4n) is 3.38. The molecule has 198 valence electrons. The van der Waals surface area contributed by atoms with Gasteiger partial charge in [-0.1, -0.05) is 53.1 Å². The van der Waals surface area contributed by atoms with Gasteiger partial charge in [0.1, 0.15) is 0 Å². The molecule has 0 radical (unpaired) electrons. The summed E-state index contributed by atoms with van der Waals surface area (Å²) >= 11 is 0. The molecule has 0 fully saturated rings. The van der Waals surface area contributed by atoms with Crippen molar-refractivity contribution in [2.45, 2.75) is 0 Å². The number of pyridine rings is 3. The minimum Gasteiger partial charge on any atom is -0.296 e. The van der Waals surface area contributed by atoms with Crippen LogP contribution in [-0.2, 0) is 20.1 Å². The van der Waals surface area contributed by atoms with Gasteiger partial charge in [-0.05, 0) is 53.9 Å². The zero-order valence-electron chi connectivity index (χ0n) is 20.9. The van der Waals surface area contributed by atoms with E-state index < -0.39 is 0 Å². The summed E-state index contributed by atoms with van der Waals surface area (Å²) in [6, 6.07) is 38.6. The molecule has 3 aromatic carbocycles. The van der Waals surface area contributed by atoms with Gasteiger partial charge in [-0.3, -0.25) is 15.0 Å². The van der Waals surface area contributed by atoms with Crippen molar-refractivity contribution in [1.82, 2.24) is 15.0 Å². The van der Waals surface area contributed by atoms with E-state index in [-0.39, 0.29) is 37.6 Å². The smallest absolute Gasteiger partial charge is 0.296 e. The van der Waals surface area contributed by atoms with Gasteiger partial charge in [-0.15, -0.1) is 36.4 Å². The van der Waals surface area contributed by atoms with Gasteiger partial charge in [0, 0.05) is 0 Å². The van der Waals surface area contributed by atoms with Gasteiger partial charge >= 0.3 is 20.1 Å². The van der Waals surface area contributed by atoms with E-state index in [1.165, 1.54) is 18.2 Å².